The second-order valence-electron chi connectivity index (χ2n) is 4.42. The molecular formula is C15H13NO2. The van der Waals surface area contributed by atoms with Crippen LogP contribution in [0.3, 0.4) is 0 Å². The molecule has 3 nitrogen and oxygen atoms in total. The fourth-order valence-electron chi connectivity index (χ4n) is 2.61. The van der Waals surface area contributed by atoms with E-state index in [2.05, 4.69) is 4.90 Å². The van der Waals surface area contributed by atoms with Gasteiger partial charge in [-0.1, -0.05) is 30.4 Å². The number of anilines is 1. The van der Waals surface area contributed by atoms with Gasteiger partial charge < -0.3 is 10.0 Å². The molecule has 1 N–H and O–H groups in total. The average molecular weight is 239 g/mol. The zero-order valence-electron chi connectivity index (χ0n) is 10.1. The minimum atomic E-state index is -0.855. The second-order valence-corrected chi connectivity index (χ2v) is 4.42. The summed E-state index contributed by atoms with van der Waals surface area (Å²) in [5.74, 6) is -0.855. The third-order valence-electron chi connectivity index (χ3n) is 3.43. The molecule has 0 fully saturated rings. The number of likely N-dealkylation sites (N-methyl/N-ethyl adjacent to an activating group) is 1. The summed E-state index contributed by atoms with van der Waals surface area (Å²) in [4.78, 5) is 13.6. The molecule has 1 aromatic carbocycles. The lowest BCUT2D eigenvalue weighted by molar-refractivity contribution is -0.130. The van der Waals surface area contributed by atoms with Crippen LogP contribution in [0, 0.1) is 0 Å². The van der Waals surface area contributed by atoms with Gasteiger partial charge in [0, 0.05) is 24.0 Å². The van der Waals surface area contributed by atoms with Gasteiger partial charge in [-0.3, -0.25) is 0 Å². The highest BCUT2D eigenvalue weighted by molar-refractivity contribution is 6.20. The molecular weight excluding hydrogens is 226 g/mol. The molecule has 3 heteroatoms. The maximum absolute atomic E-state index is 11.6. The fourth-order valence-corrected chi connectivity index (χ4v) is 2.61. The normalized spacial score (nSPS) is 17.2. The van der Waals surface area contributed by atoms with Gasteiger partial charge in [-0.25, -0.2) is 4.79 Å². The van der Waals surface area contributed by atoms with Crippen LogP contribution in [0.4, 0.5) is 5.69 Å². The van der Waals surface area contributed by atoms with Gasteiger partial charge in [0.05, 0.1) is 5.57 Å². The predicted octanol–water partition coefficient (Wildman–Crippen LogP) is 2.82. The zero-order valence-corrected chi connectivity index (χ0v) is 10.1. The summed E-state index contributed by atoms with van der Waals surface area (Å²) >= 11 is 0. The second kappa shape index (κ2) is 3.88. The van der Waals surface area contributed by atoms with Crippen LogP contribution in [0.25, 0.3) is 5.57 Å². The number of carboxylic acids is 1. The van der Waals surface area contributed by atoms with Crippen LogP contribution in [0.1, 0.15) is 12.0 Å². The molecule has 0 bridgehead atoms. The third-order valence-corrected chi connectivity index (χ3v) is 3.43. The third kappa shape index (κ3) is 1.40. The van der Waals surface area contributed by atoms with Crippen molar-refractivity contribution in [2.45, 2.75) is 6.42 Å². The molecule has 18 heavy (non-hydrogen) atoms. The fraction of sp³-hybridized carbons (Fsp3) is 0.133. The van der Waals surface area contributed by atoms with Crippen LogP contribution in [-0.2, 0) is 4.79 Å². The van der Waals surface area contributed by atoms with Crippen molar-refractivity contribution in [3.8, 4) is 0 Å². The Morgan fingerprint density at radius 1 is 1.33 bits per heavy atom. The van der Waals surface area contributed by atoms with Crippen LogP contribution in [-0.4, -0.2) is 18.1 Å². The molecule has 0 atom stereocenters. The van der Waals surface area contributed by atoms with Crippen molar-refractivity contribution in [3.63, 3.8) is 0 Å². The smallest absolute Gasteiger partial charge is 0.336 e. The van der Waals surface area contributed by atoms with Crippen molar-refractivity contribution in [1.82, 2.24) is 0 Å². The number of rotatable bonds is 1. The van der Waals surface area contributed by atoms with Crippen LogP contribution in [0.2, 0.25) is 0 Å². The van der Waals surface area contributed by atoms with Crippen molar-refractivity contribution >= 4 is 17.2 Å². The predicted molar refractivity (Wildman–Crippen MR) is 71.2 cm³/mol. The quantitative estimate of drug-likeness (QED) is 0.819. The van der Waals surface area contributed by atoms with Crippen LogP contribution < -0.4 is 4.90 Å². The number of hydrogen-bond acceptors (Lipinski definition) is 2. The van der Waals surface area contributed by atoms with Gasteiger partial charge in [0.2, 0.25) is 0 Å². The first-order valence-corrected chi connectivity index (χ1v) is 5.87. The molecule has 0 radical (unpaired) electrons. The van der Waals surface area contributed by atoms with Crippen molar-refractivity contribution in [3.05, 3.63) is 59.3 Å². The monoisotopic (exact) mass is 239 g/mol. The standard InChI is InChI=1S/C15H13NO2/c1-16-12-8-4-2-6-10(12)14(15(17)18)11-7-3-5-9-13(11)16/h2-6,8-9H,7H2,1H3,(H,17,18). The van der Waals surface area contributed by atoms with E-state index in [9.17, 15) is 9.90 Å². The van der Waals surface area contributed by atoms with Gasteiger partial charge in [0.1, 0.15) is 0 Å². The number of fused-ring (bicyclic) bond motifs is 2. The summed E-state index contributed by atoms with van der Waals surface area (Å²) in [6.07, 6.45) is 6.61. The molecule has 2 aliphatic rings. The Morgan fingerprint density at radius 3 is 2.89 bits per heavy atom. The van der Waals surface area contributed by atoms with E-state index in [1.807, 2.05) is 49.5 Å². The highest BCUT2D eigenvalue weighted by atomic mass is 16.4. The van der Waals surface area contributed by atoms with Gasteiger partial charge in [0.25, 0.3) is 0 Å². The molecule has 1 aliphatic heterocycles. The van der Waals surface area contributed by atoms with Crippen LogP contribution in [0.15, 0.2) is 53.8 Å². The maximum Gasteiger partial charge on any atom is 0.336 e. The first kappa shape index (κ1) is 10.8. The van der Waals surface area contributed by atoms with Crippen LogP contribution in [0.5, 0.6) is 0 Å². The number of carbonyl (C=O) groups is 1. The Labute approximate surface area is 105 Å². The molecule has 0 saturated carbocycles. The van der Waals surface area contributed by atoms with Gasteiger partial charge in [-0.2, -0.15) is 0 Å². The molecule has 0 unspecified atom stereocenters. The number of nitrogens with zero attached hydrogens (tertiary/aromatic N) is 1. The first-order valence-electron chi connectivity index (χ1n) is 5.87. The van der Waals surface area contributed by atoms with Crippen molar-refractivity contribution in [2.24, 2.45) is 0 Å². The zero-order chi connectivity index (χ0) is 12.7. The van der Waals surface area contributed by atoms with Gasteiger partial charge in [-0.15, -0.1) is 0 Å². The molecule has 0 spiro atoms. The Morgan fingerprint density at radius 2 is 2.11 bits per heavy atom. The molecule has 1 heterocycles. The molecule has 0 amide bonds. The van der Waals surface area contributed by atoms with E-state index in [1.165, 1.54) is 0 Å². The van der Waals surface area contributed by atoms with E-state index in [1.54, 1.807) is 0 Å². The van der Waals surface area contributed by atoms with E-state index in [-0.39, 0.29) is 0 Å². The van der Waals surface area contributed by atoms with E-state index in [0.717, 1.165) is 22.5 Å². The molecule has 90 valence electrons. The summed E-state index contributed by atoms with van der Waals surface area (Å²) < 4.78 is 0. The highest BCUT2D eigenvalue weighted by Crippen LogP contribution is 2.41. The number of benzene rings is 1. The van der Waals surface area contributed by atoms with Crippen molar-refractivity contribution in [2.75, 3.05) is 11.9 Å². The minimum Gasteiger partial charge on any atom is -0.478 e. The molecule has 0 saturated heterocycles. The van der Waals surface area contributed by atoms with Gasteiger partial charge in [0.15, 0.2) is 0 Å². The lowest BCUT2D eigenvalue weighted by atomic mass is 9.87. The van der Waals surface area contributed by atoms with E-state index in [4.69, 9.17) is 0 Å². The van der Waals surface area contributed by atoms with Crippen molar-refractivity contribution < 1.29 is 9.90 Å². The van der Waals surface area contributed by atoms with Gasteiger partial charge in [-0.05, 0) is 24.1 Å². The van der Waals surface area contributed by atoms with E-state index in [0.29, 0.717) is 12.0 Å². The van der Waals surface area contributed by atoms with Crippen LogP contribution >= 0.6 is 0 Å². The SMILES string of the molecule is CN1C2=CC=CCC2=C(C(=O)O)c2ccccc21. The summed E-state index contributed by atoms with van der Waals surface area (Å²) in [5.41, 5.74) is 4.05. The molecule has 1 aliphatic carbocycles. The number of para-hydroxylation sites is 1. The summed E-state index contributed by atoms with van der Waals surface area (Å²) in [5, 5.41) is 9.48. The number of aliphatic carboxylic acids is 1. The Kier molecular flexibility index (Phi) is 2.33. The Bertz CT molecular complexity index is 623. The minimum absolute atomic E-state index is 0.430. The first-order chi connectivity index (χ1) is 8.70. The highest BCUT2D eigenvalue weighted by Gasteiger charge is 2.29. The average Bonchev–Trinajstić information content (AvgIpc) is 2.39. The molecule has 3 rings (SSSR count). The maximum atomic E-state index is 11.6. The van der Waals surface area contributed by atoms with E-state index < -0.39 is 5.97 Å². The Hall–Kier alpha value is -2.29. The Balaban J connectivity index is 2.34. The number of carboxylic acid groups (broad SMARTS) is 1. The molecule has 1 aromatic rings. The summed E-state index contributed by atoms with van der Waals surface area (Å²) in [6.45, 7) is 0. The van der Waals surface area contributed by atoms with Gasteiger partial charge >= 0.3 is 5.97 Å². The molecule has 0 aromatic heterocycles. The number of allylic oxidation sites excluding steroid dienone is 4. The lowest BCUT2D eigenvalue weighted by Crippen LogP contribution is -2.26. The topological polar surface area (TPSA) is 40.5 Å². The summed E-state index contributed by atoms with van der Waals surface area (Å²) in [6, 6.07) is 7.63. The van der Waals surface area contributed by atoms with E-state index >= 15 is 0 Å². The van der Waals surface area contributed by atoms with Crippen molar-refractivity contribution in [1.29, 1.82) is 0 Å². The number of hydrogen-bond donors (Lipinski definition) is 1. The lowest BCUT2D eigenvalue weighted by Gasteiger charge is -2.33. The largest absolute Gasteiger partial charge is 0.478 e. The summed E-state index contributed by atoms with van der Waals surface area (Å²) in [7, 11) is 1.97.